The lowest BCUT2D eigenvalue weighted by Crippen LogP contribution is -2.39. The highest BCUT2D eigenvalue weighted by atomic mass is 127. The first-order valence-corrected chi connectivity index (χ1v) is 10.2. The van der Waals surface area contributed by atoms with Gasteiger partial charge < -0.3 is 19.4 Å². The third-order valence-corrected chi connectivity index (χ3v) is 4.67. The number of alkyl carbamates (subject to hydrolysis) is 1. The second-order valence-corrected chi connectivity index (χ2v) is 6.73. The summed E-state index contributed by atoms with van der Waals surface area (Å²) in [5, 5.41) is 2.73. The molecule has 1 aromatic rings. The molecule has 0 aliphatic heterocycles. The molecule has 138 valence electrons. The minimum absolute atomic E-state index is 0.00937. The third-order valence-electron chi connectivity index (χ3n) is 4.01. The quantitative estimate of drug-likeness (QED) is 0.383. The molecule has 1 unspecified atom stereocenters. The minimum atomic E-state index is -0.435. The maximum Gasteiger partial charge on any atom is 0.407 e. The summed E-state index contributed by atoms with van der Waals surface area (Å²) < 4.78 is 11.1. The molecule has 0 bridgehead atoms. The van der Waals surface area contributed by atoms with Gasteiger partial charge in [-0.25, -0.2) is 4.79 Å². The fourth-order valence-corrected chi connectivity index (χ4v) is 3.15. The molecule has 25 heavy (non-hydrogen) atoms. The fourth-order valence-electron chi connectivity index (χ4n) is 2.67. The molecule has 7 heteroatoms. The van der Waals surface area contributed by atoms with Crippen LogP contribution in [-0.2, 0) is 16.1 Å². The van der Waals surface area contributed by atoms with E-state index in [-0.39, 0.29) is 12.0 Å². The average Bonchev–Trinajstić information content (AvgIpc) is 3.08. The molecular formula is C18H25IN2O4. The average molecular weight is 460 g/mol. The topological polar surface area (TPSA) is 71.8 Å². The van der Waals surface area contributed by atoms with E-state index in [4.69, 9.17) is 9.15 Å². The van der Waals surface area contributed by atoms with Gasteiger partial charge in [-0.05, 0) is 43.9 Å². The molecule has 2 rings (SSSR count). The van der Waals surface area contributed by atoms with Gasteiger partial charge in [-0.2, -0.15) is 0 Å². The second-order valence-electron chi connectivity index (χ2n) is 5.96. The molecule has 1 atom stereocenters. The van der Waals surface area contributed by atoms with Gasteiger partial charge in [0.25, 0.3) is 0 Å². The highest BCUT2D eigenvalue weighted by Gasteiger charge is 2.16. The normalized spacial score (nSPS) is 18.7. The number of carbonyl (C=O) groups excluding carboxylic acids is 2. The van der Waals surface area contributed by atoms with Crippen molar-refractivity contribution in [3.8, 4) is 0 Å². The van der Waals surface area contributed by atoms with Crippen molar-refractivity contribution in [1.82, 2.24) is 10.2 Å². The number of ether oxygens (including phenoxy) is 1. The van der Waals surface area contributed by atoms with Crippen molar-refractivity contribution in [3.63, 3.8) is 0 Å². The van der Waals surface area contributed by atoms with Gasteiger partial charge in [0.2, 0.25) is 5.91 Å². The van der Waals surface area contributed by atoms with Crippen LogP contribution >= 0.6 is 22.6 Å². The molecule has 1 aliphatic carbocycles. The second kappa shape index (κ2) is 11.2. The maximum absolute atomic E-state index is 12.0. The molecule has 1 aromatic heterocycles. The SMILES string of the molecule is O=C(NCCN(Cc1ccco1)C(=O)CI)OC1/C=C\CCCCC1. The van der Waals surface area contributed by atoms with Crippen LogP contribution in [0.5, 0.6) is 0 Å². The van der Waals surface area contributed by atoms with Gasteiger partial charge in [0, 0.05) is 13.1 Å². The molecule has 0 saturated heterocycles. The van der Waals surface area contributed by atoms with E-state index in [0.29, 0.717) is 24.1 Å². The summed E-state index contributed by atoms with van der Waals surface area (Å²) in [6, 6.07) is 3.62. The van der Waals surface area contributed by atoms with Gasteiger partial charge in [-0.1, -0.05) is 35.1 Å². The highest BCUT2D eigenvalue weighted by Crippen LogP contribution is 2.14. The van der Waals surface area contributed by atoms with E-state index >= 15 is 0 Å². The highest BCUT2D eigenvalue weighted by molar-refractivity contribution is 14.1. The number of amides is 2. The van der Waals surface area contributed by atoms with Crippen molar-refractivity contribution >= 4 is 34.6 Å². The number of alkyl halides is 1. The van der Waals surface area contributed by atoms with E-state index in [9.17, 15) is 9.59 Å². The Morgan fingerprint density at radius 3 is 3.00 bits per heavy atom. The zero-order chi connectivity index (χ0) is 17.9. The first kappa shape index (κ1) is 19.8. The number of nitrogens with one attached hydrogen (secondary N) is 1. The monoisotopic (exact) mass is 460 g/mol. The maximum atomic E-state index is 12.0. The summed E-state index contributed by atoms with van der Waals surface area (Å²) in [6.45, 7) is 1.16. The zero-order valence-electron chi connectivity index (χ0n) is 14.3. The Morgan fingerprint density at radius 2 is 2.24 bits per heavy atom. The molecule has 6 nitrogen and oxygen atoms in total. The Labute approximate surface area is 162 Å². The Kier molecular flexibility index (Phi) is 8.85. The van der Waals surface area contributed by atoms with Crippen LogP contribution < -0.4 is 5.32 Å². The molecule has 0 aromatic carbocycles. The third kappa shape index (κ3) is 7.50. The summed E-state index contributed by atoms with van der Waals surface area (Å²) in [5.74, 6) is 0.732. The number of hydrogen-bond acceptors (Lipinski definition) is 4. The number of furan rings is 1. The lowest BCUT2D eigenvalue weighted by Gasteiger charge is -2.21. The number of nitrogens with zero attached hydrogens (tertiary/aromatic N) is 1. The van der Waals surface area contributed by atoms with Gasteiger partial charge in [0.15, 0.2) is 0 Å². The summed E-state index contributed by atoms with van der Waals surface area (Å²) in [4.78, 5) is 25.6. The molecule has 2 amide bonds. The van der Waals surface area contributed by atoms with E-state index in [1.54, 1.807) is 17.2 Å². The Bertz CT molecular complexity index is 559. The van der Waals surface area contributed by atoms with E-state index in [0.717, 1.165) is 25.0 Å². The first-order chi connectivity index (χ1) is 12.2. The van der Waals surface area contributed by atoms with Gasteiger partial charge in [-0.3, -0.25) is 4.79 Å². The first-order valence-electron chi connectivity index (χ1n) is 8.66. The van der Waals surface area contributed by atoms with Gasteiger partial charge in [0.05, 0.1) is 17.2 Å². The molecular weight excluding hydrogens is 435 g/mol. The van der Waals surface area contributed by atoms with E-state index in [2.05, 4.69) is 11.4 Å². The van der Waals surface area contributed by atoms with Gasteiger partial charge in [0.1, 0.15) is 11.9 Å². The van der Waals surface area contributed by atoms with Crippen molar-refractivity contribution in [1.29, 1.82) is 0 Å². The molecule has 0 spiro atoms. The number of halogens is 1. The van der Waals surface area contributed by atoms with Crippen molar-refractivity contribution in [2.45, 2.75) is 44.8 Å². The summed E-state index contributed by atoms with van der Waals surface area (Å²) in [7, 11) is 0. The van der Waals surface area contributed by atoms with Crippen LogP contribution in [0.1, 0.15) is 37.9 Å². The number of allylic oxidation sites excluding steroid dienone is 1. The Balaban J connectivity index is 1.75. The summed E-state index contributed by atoms with van der Waals surface area (Å²) in [5.41, 5.74) is 0. The van der Waals surface area contributed by atoms with Crippen LogP contribution in [0.25, 0.3) is 0 Å². The van der Waals surface area contributed by atoms with Crippen LogP contribution in [0.15, 0.2) is 35.0 Å². The predicted octanol–water partition coefficient (Wildman–Crippen LogP) is 3.66. The van der Waals surface area contributed by atoms with Crippen molar-refractivity contribution in [3.05, 3.63) is 36.3 Å². The van der Waals surface area contributed by atoms with Crippen molar-refractivity contribution < 1.29 is 18.7 Å². The zero-order valence-corrected chi connectivity index (χ0v) is 16.4. The number of rotatable bonds is 7. The lowest BCUT2D eigenvalue weighted by atomic mass is 10.0. The van der Waals surface area contributed by atoms with E-state index in [1.165, 1.54) is 12.8 Å². The van der Waals surface area contributed by atoms with Crippen LogP contribution in [0.4, 0.5) is 4.79 Å². The predicted molar refractivity (Wildman–Crippen MR) is 104 cm³/mol. The summed E-state index contributed by atoms with van der Waals surface area (Å²) in [6.07, 6.45) is 10.4. The van der Waals surface area contributed by atoms with Crippen LogP contribution in [-0.4, -0.2) is 40.5 Å². The summed E-state index contributed by atoms with van der Waals surface area (Å²) >= 11 is 2.04. The van der Waals surface area contributed by atoms with E-state index in [1.807, 2.05) is 34.7 Å². The smallest absolute Gasteiger partial charge is 0.407 e. The Morgan fingerprint density at radius 1 is 1.36 bits per heavy atom. The van der Waals surface area contributed by atoms with Crippen molar-refractivity contribution in [2.24, 2.45) is 0 Å². The number of carbonyl (C=O) groups is 2. The molecule has 1 aliphatic rings. The minimum Gasteiger partial charge on any atom is -0.467 e. The Hall–Kier alpha value is -1.51. The van der Waals surface area contributed by atoms with Crippen LogP contribution in [0, 0.1) is 0 Å². The molecule has 1 heterocycles. The lowest BCUT2D eigenvalue weighted by molar-refractivity contribution is -0.128. The fraction of sp³-hybridized carbons (Fsp3) is 0.556. The van der Waals surface area contributed by atoms with Gasteiger partial charge >= 0.3 is 6.09 Å². The standard InChI is InChI=1S/C18H25IN2O4/c19-13-17(22)21(14-16-9-6-12-24-16)11-10-20-18(23)25-15-7-4-2-1-3-5-8-15/h4,6-7,9,12,15H,1-3,5,8,10-11,13-14H2,(H,20,23)/b7-4-. The molecule has 0 saturated carbocycles. The van der Waals surface area contributed by atoms with Crippen LogP contribution in [0.2, 0.25) is 0 Å². The van der Waals surface area contributed by atoms with Crippen molar-refractivity contribution in [2.75, 3.05) is 17.5 Å². The van der Waals surface area contributed by atoms with Crippen LogP contribution in [0.3, 0.4) is 0 Å². The molecule has 1 N–H and O–H groups in total. The van der Waals surface area contributed by atoms with E-state index < -0.39 is 6.09 Å². The largest absolute Gasteiger partial charge is 0.467 e. The number of hydrogen-bond donors (Lipinski definition) is 1. The molecule has 0 fully saturated rings. The van der Waals surface area contributed by atoms with Gasteiger partial charge in [-0.15, -0.1) is 0 Å². The molecule has 0 radical (unpaired) electrons.